The summed E-state index contributed by atoms with van der Waals surface area (Å²) in [5.74, 6) is -0.815. The Kier molecular flexibility index (Phi) is 2.91. The minimum atomic E-state index is -4.48. The van der Waals surface area contributed by atoms with Crippen molar-refractivity contribution in [3.8, 4) is 0 Å². The van der Waals surface area contributed by atoms with E-state index >= 15 is 0 Å². The van der Waals surface area contributed by atoms with Crippen molar-refractivity contribution in [1.82, 2.24) is 14.7 Å². The summed E-state index contributed by atoms with van der Waals surface area (Å²) in [6.45, 7) is -1.36. The second-order valence-corrected chi connectivity index (χ2v) is 5.44. The third-order valence-corrected chi connectivity index (χ3v) is 3.55. The van der Waals surface area contributed by atoms with Crippen molar-refractivity contribution >= 4 is 11.6 Å². The van der Waals surface area contributed by atoms with Crippen LogP contribution in [0.5, 0.6) is 0 Å². The van der Waals surface area contributed by atoms with Gasteiger partial charge in [-0.15, -0.1) is 0 Å². The van der Waals surface area contributed by atoms with Gasteiger partial charge in [-0.1, -0.05) is 18.2 Å². The number of amides is 1. The number of pyridine rings is 1. The van der Waals surface area contributed by atoms with Crippen LogP contribution in [-0.4, -0.2) is 15.3 Å². The number of hydrogen-bond donors (Lipinski definition) is 1. The molecule has 0 fully saturated rings. The molecule has 1 N–H and O–H groups in total. The molecule has 0 atom stereocenters. The molecular formula is C18H16F3N3O. The van der Waals surface area contributed by atoms with Crippen LogP contribution in [0, 0.1) is 13.8 Å². The summed E-state index contributed by atoms with van der Waals surface area (Å²) in [5.41, 5.74) is -1.07. The smallest absolute Gasteiger partial charge is 0.347 e. The first-order valence-corrected chi connectivity index (χ1v) is 7.24. The van der Waals surface area contributed by atoms with Crippen molar-refractivity contribution in [3.63, 3.8) is 0 Å². The molecule has 0 bridgehead atoms. The number of hydrogen-bond acceptors (Lipinski definition) is 2. The first-order chi connectivity index (χ1) is 13.8. The fourth-order valence-corrected chi connectivity index (χ4v) is 2.32. The predicted molar refractivity (Wildman–Crippen MR) is 87.3 cm³/mol. The Bertz CT molecular complexity index is 1120. The summed E-state index contributed by atoms with van der Waals surface area (Å²) in [6.07, 6.45) is -3.12. The molecular weight excluding hydrogens is 331 g/mol. The van der Waals surface area contributed by atoms with E-state index in [9.17, 15) is 18.0 Å². The average molecular weight is 352 g/mol. The summed E-state index contributed by atoms with van der Waals surface area (Å²) in [5, 5.41) is 2.48. The monoisotopic (exact) mass is 352 g/mol. The van der Waals surface area contributed by atoms with E-state index in [0.29, 0.717) is 11.1 Å². The van der Waals surface area contributed by atoms with Crippen molar-refractivity contribution < 1.29 is 24.8 Å². The number of imidazole rings is 1. The number of halogens is 3. The van der Waals surface area contributed by atoms with Crippen molar-refractivity contribution in [3.05, 3.63) is 70.6 Å². The van der Waals surface area contributed by atoms with Gasteiger partial charge < -0.3 is 5.32 Å². The standard InChI is InChI=1S/C18H16F3N3O/c1-11-3-8-15-23-12(2)16(24(15)10-11)17(25)22-9-13-4-6-14(7-5-13)18(19,20)21/h3-8,10H,9H2,1-2H3,(H,22,25)/i2D3,3D,8D. The molecule has 1 aromatic carbocycles. The molecule has 4 nitrogen and oxygen atoms in total. The molecule has 0 radical (unpaired) electrons. The zero-order valence-electron chi connectivity index (χ0n) is 18.0. The van der Waals surface area contributed by atoms with Gasteiger partial charge in [-0.25, -0.2) is 4.98 Å². The predicted octanol–water partition coefficient (Wildman–Crippen LogP) is 3.90. The molecule has 0 saturated carbocycles. The number of carbonyl (C=O) groups excluding carboxylic acids is 1. The highest BCUT2D eigenvalue weighted by Crippen LogP contribution is 2.29. The Labute approximate surface area is 149 Å². The zero-order valence-corrected chi connectivity index (χ0v) is 13.0. The van der Waals surface area contributed by atoms with Gasteiger partial charge in [0.25, 0.3) is 5.91 Å². The average Bonchev–Trinajstić information content (AvgIpc) is 3.04. The molecule has 0 aliphatic heterocycles. The van der Waals surface area contributed by atoms with Gasteiger partial charge in [-0.3, -0.25) is 9.20 Å². The normalized spacial score (nSPS) is 15.1. The first-order valence-electron chi connectivity index (χ1n) is 9.74. The van der Waals surface area contributed by atoms with Crippen LogP contribution < -0.4 is 5.32 Å². The molecule has 130 valence electrons. The Morgan fingerprint density at radius 3 is 2.68 bits per heavy atom. The number of fused-ring (bicyclic) bond motifs is 1. The van der Waals surface area contributed by atoms with Gasteiger partial charge in [0.15, 0.2) is 0 Å². The number of nitrogens with zero attached hydrogens (tertiary/aromatic N) is 2. The summed E-state index contributed by atoms with van der Waals surface area (Å²) >= 11 is 0. The number of nitrogens with one attached hydrogen (secondary N) is 1. The van der Waals surface area contributed by atoms with E-state index in [1.807, 2.05) is 0 Å². The second-order valence-electron chi connectivity index (χ2n) is 5.44. The van der Waals surface area contributed by atoms with E-state index in [2.05, 4.69) is 10.3 Å². The fourth-order valence-electron chi connectivity index (χ4n) is 2.32. The highest BCUT2D eigenvalue weighted by atomic mass is 19.4. The van der Waals surface area contributed by atoms with Crippen LogP contribution in [0.2, 0.25) is 0 Å². The molecule has 0 unspecified atom stereocenters. The molecule has 3 aromatic rings. The number of aromatic nitrogens is 2. The first kappa shape index (κ1) is 11.7. The van der Waals surface area contributed by atoms with E-state index in [-0.39, 0.29) is 30.0 Å². The van der Waals surface area contributed by atoms with E-state index in [1.54, 1.807) is 6.92 Å². The minimum absolute atomic E-state index is 0.138. The number of benzene rings is 1. The van der Waals surface area contributed by atoms with Crippen LogP contribution in [0.15, 0.2) is 42.5 Å². The van der Waals surface area contributed by atoms with Crippen molar-refractivity contribution in [1.29, 1.82) is 0 Å². The molecule has 0 spiro atoms. The van der Waals surface area contributed by atoms with E-state index in [0.717, 1.165) is 16.5 Å². The Morgan fingerprint density at radius 1 is 1.32 bits per heavy atom. The van der Waals surface area contributed by atoms with Crippen LogP contribution in [0.1, 0.15) is 39.7 Å². The zero-order chi connectivity index (χ0) is 22.4. The lowest BCUT2D eigenvalue weighted by molar-refractivity contribution is -0.137. The van der Waals surface area contributed by atoms with Gasteiger partial charge in [0, 0.05) is 16.9 Å². The maximum atomic E-state index is 12.8. The largest absolute Gasteiger partial charge is 0.416 e. The van der Waals surface area contributed by atoms with E-state index < -0.39 is 30.2 Å². The van der Waals surface area contributed by atoms with E-state index in [4.69, 9.17) is 6.85 Å². The molecule has 0 aliphatic rings. The number of alkyl halides is 3. The Balaban J connectivity index is 1.96. The maximum Gasteiger partial charge on any atom is 0.416 e. The van der Waals surface area contributed by atoms with Gasteiger partial charge in [0.2, 0.25) is 0 Å². The van der Waals surface area contributed by atoms with Crippen molar-refractivity contribution in [2.45, 2.75) is 26.5 Å². The molecule has 3 rings (SSSR count). The maximum absolute atomic E-state index is 12.8. The van der Waals surface area contributed by atoms with Crippen LogP contribution in [0.4, 0.5) is 13.2 Å². The topological polar surface area (TPSA) is 46.4 Å². The Morgan fingerprint density at radius 2 is 2.04 bits per heavy atom. The summed E-state index contributed by atoms with van der Waals surface area (Å²) in [4.78, 5) is 16.7. The van der Waals surface area contributed by atoms with Crippen LogP contribution >= 0.6 is 0 Å². The third kappa shape index (κ3) is 3.50. The molecule has 2 aromatic heterocycles. The molecule has 0 aliphatic carbocycles. The van der Waals surface area contributed by atoms with Crippen molar-refractivity contribution in [2.75, 3.05) is 0 Å². The van der Waals surface area contributed by atoms with Crippen LogP contribution in [0.3, 0.4) is 0 Å². The number of carbonyl (C=O) groups is 1. The Hall–Kier alpha value is -2.83. The van der Waals surface area contributed by atoms with Gasteiger partial charge >= 0.3 is 6.18 Å². The lowest BCUT2D eigenvalue weighted by Crippen LogP contribution is -2.25. The molecule has 25 heavy (non-hydrogen) atoms. The molecule has 1 amide bonds. The van der Waals surface area contributed by atoms with Crippen molar-refractivity contribution in [2.24, 2.45) is 0 Å². The second kappa shape index (κ2) is 6.23. The summed E-state index contributed by atoms with van der Waals surface area (Å²) in [6, 6.07) is 3.73. The van der Waals surface area contributed by atoms with Gasteiger partial charge in [-0.2, -0.15) is 13.2 Å². The fraction of sp³-hybridized carbons (Fsp3) is 0.222. The number of aryl methyl sites for hydroxylation is 2. The highest BCUT2D eigenvalue weighted by molar-refractivity contribution is 5.94. The highest BCUT2D eigenvalue weighted by Gasteiger charge is 2.29. The summed E-state index contributed by atoms with van der Waals surface area (Å²) < 4.78 is 78.0. The van der Waals surface area contributed by atoms with E-state index in [1.165, 1.54) is 18.3 Å². The van der Waals surface area contributed by atoms with Gasteiger partial charge in [0.05, 0.1) is 14.0 Å². The minimum Gasteiger partial charge on any atom is -0.347 e. The summed E-state index contributed by atoms with van der Waals surface area (Å²) in [7, 11) is 0. The third-order valence-electron chi connectivity index (χ3n) is 3.55. The molecule has 7 heteroatoms. The van der Waals surface area contributed by atoms with Crippen LogP contribution in [0.25, 0.3) is 5.65 Å². The number of rotatable bonds is 3. The lowest BCUT2D eigenvalue weighted by atomic mass is 10.1. The SMILES string of the molecule is [2H]c1c(C)cn2c(C(=O)NCc3ccc(C(F)(F)F)cc3)c(C([2H])([2H])[2H])nc2c1[2H]. The molecule has 2 heterocycles. The van der Waals surface area contributed by atoms with Gasteiger partial charge in [0.1, 0.15) is 11.3 Å². The van der Waals surface area contributed by atoms with Gasteiger partial charge in [-0.05, 0) is 43.1 Å². The molecule has 0 saturated heterocycles. The lowest BCUT2D eigenvalue weighted by Gasteiger charge is -2.09. The van der Waals surface area contributed by atoms with Crippen LogP contribution in [-0.2, 0) is 12.7 Å². The quantitative estimate of drug-likeness (QED) is 0.777.